The highest BCUT2D eigenvalue weighted by molar-refractivity contribution is 7.09. The van der Waals surface area contributed by atoms with E-state index in [-0.39, 0.29) is 6.04 Å². The Morgan fingerprint density at radius 3 is 2.84 bits per heavy atom. The first kappa shape index (κ1) is 14.7. The van der Waals surface area contributed by atoms with Crippen molar-refractivity contribution in [1.82, 2.24) is 15.2 Å². The van der Waals surface area contributed by atoms with Gasteiger partial charge in [-0.25, -0.2) is 4.98 Å². The van der Waals surface area contributed by atoms with Crippen LogP contribution in [-0.4, -0.2) is 36.1 Å². The summed E-state index contributed by atoms with van der Waals surface area (Å²) in [5.74, 6) is 0. The fourth-order valence-corrected chi connectivity index (χ4v) is 3.19. The first-order valence-corrected chi connectivity index (χ1v) is 7.21. The lowest BCUT2D eigenvalue weighted by Crippen LogP contribution is -2.44. The number of thiazole rings is 1. The lowest BCUT2D eigenvalue weighted by molar-refractivity contribution is -0.140. The van der Waals surface area contributed by atoms with E-state index in [1.807, 2.05) is 6.92 Å². The van der Waals surface area contributed by atoms with Crippen molar-refractivity contribution in [2.75, 3.05) is 20.1 Å². The third-order valence-corrected chi connectivity index (χ3v) is 4.32. The lowest BCUT2D eigenvalue weighted by atomic mass is 10.1. The molecule has 19 heavy (non-hydrogen) atoms. The Labute approximate surface area is 114 Å². The molecule has 1 aliphatic heterocycles. The van der Waals surface area contributed by atoms with Gasteiger partial charge in [-0.05, 0) is 33.4 Å². The molecule has 0 aromatic carbocycles. The third-order valence-electron chi connectivity index (χ3n) is 3.29. The molecule has 3 nitrogen and oxygen atoms in total. The summed E-state index contributed by atoms with van der Waals surface area (Å²) in [5, 5.41) is 4.95. The second kappa shape index (κ2) is 5.76. The van der Waals surface area contributed by atoms with Crippen molar-refractivity contribution in [3.05, 3.63) is 16.1 Å². The summed E-state index contributed by atoms with van der Waals surface area (Å²) in [6.07, 6.45) is -2.17. The van der Waals surface area contributed by atoms with Gasteiger partial charge < -0.3 is 10.2 Å². The summed E-state index contributed by atoms with van der Waals surface area (Å²) in [6, 6.07) is 0.185. The van der Waals surface area contributed by atoms with E-state index >= 15 is 0 Å². The van der Waals surface area contributed by atoms with Gasteiger partial charge in [0.2, 0.25) is 0 Å². The quantitative estimate of drug-likeness (QED) is 0.929. The molecule has 108 valence electrons. The fraction of sp³-hybridized carbons (Fsp3) is 0.750. The van der Waals surface area contributed by atoms with Crippen molar-refractivity contribution in [1.29, 1.82) is 0 Å². The fourth-order valence-electron chi connectivity index (χ4n) is 2.34. The van der Waals surface area contributed by atoms with Crippen LogP contribution in [0, 0.1) is 0 Å². The van der Waals surface area contributed by atoms with Gasteiger partial charge in [0.25, 0.3) is 0 Å². The number of nitrogens with one attached hydrogen (secondary N) is 1. The third kappa shape index (κ3) is 3.90. The normalized spacial score (nSPS) is 23.5. The number of likely N-dealkylation sites (N-methyl/N-ethyl adjacent to an activating group) is 1. The van der Waals surface area contributed by atoms with Crippen LogP contribution in [0.15, 0.2) is 5.38 Å². The molecule has 1 aliphatic rings. The highest BCUT2D eigenvalue weighted by Crippen LogP contribution is 2.31. The zero-order valence-electron chi connectivity index (χ0n) is 11.0. The minimum absolute atomic E-state index is 0.141. The maximum absolute atomic E-state index is 12.5. The van der Waals surface area contributed by atoms with E-state index < -0.39 is 11.9 Å². The van der Waals surface area contributed by atoms with Crippen LogP contribution in [0.4, 0.5) is 13.2 Å². The summed E-state index contributed by atoms with van der Waals surface area (Å²) in [5.41, 5.74) is -0.790. The summed E-state index contributed by atoms with van der Waals surface area (Å²) in [7, 11) is 2.06. The molecule has 1 aromatic rings. The van der Waals surface area contributed by atoms with Gasteiger partial charge in [-0.3, -0.25) is 0 Å². The summed E-state index contributed by atoms with van der Waals surface area (Å²) >= 11 is 1.07. The molecule has 2 rings (SSSR count). The van der Waals surface area contributed by atoms with Crippen LogP contribution in [0.3, 0.4) is 0 Å². The highest BCUT2D eigenvalue weighted by atomic mass is 32.1. The van der Waals surface area contributed by atoms with E-state index in [1.165, 1.54) is 0 Å². The van der Waals surface area contributed by atoms with Crippen molar-refractivity contribution in [2.45, 2.75) is 38.0 Å². The van der Waals surface area contributed by atoms with Crippen LogP contribution < -0.4 is 5.32 Å². The summed E-state index contributed by atoms with van der Waals surface area (Å²) in [6.45, 7) is 3.89. The molecule has 2 atom stereocenters. The van der Waals surface area contributed by atoms with Crippen molar-refractivity contribution < 1.29 is 13.2 Å². The second-order valence-electron chi connectivity index (χ2n) is 5.06. The number of alkyl halides is 3. The van der Waals surface area contributed by atoms with Gasteiger partial charge in [-0.2, -0.15) is 13.2 Å². The lowest BCUT2D eigenvalue weighted by Gasteiger charge is -2.31. The molecule has 1 N–H and O–H groups in total. The Hall–Kier alpha value is -0.660. The number of rotatable bonds is 3. The minimum Gasteiger partial charge on any atom is -0.305 e. The van der Waals surface area contributed by atoms with E-state index in [4.69, 9.17) is 0 Å². The monoisotopic (exact) mass is 293 g/mol. The molecule has 0 saturated carbocycles. The van der Waals surface area contributed by atoms with Crippen molar-refractivity contribution in [3.8, 4) is 0 Å². The Balaban J connectivity index is 1.96. The van der Waals surface area contributed by atoms with E-state index in [0.717, 1.165) is 42.6 Å². The smallest absolute Gasteiger partial charge is 0.305 e. The predicted octanol–water partition coefficient (Wildman–Crippen LogP) is 2.91. The molecule has 2 heterocycles. The van der Waals surface area contributed by atoms with E-state index in [9.17, 15) is 13.2 Å². The molecule has 0 aliphatic carbocycles. The topological polar surface area (TPSA) is 28.2 Å². The average molecular weight is 293 g/mol. The van der Waals surface area contributed by atoms with Gasteiger partial charge in [0.05, 0.1) is 6.04 Å². The molecule has 2 unspecified atom stereocenters. The van der Waals surface area contributed by atoms with Crippen LogP contribution in [-0.2, 0) is 6.18 Å². The summed E-state index contributed by atoms with van der Waals surface area (Å²) in [4.78, 5) is 5.92. The Morgan fingerprint density at radius 2 is 2.26 bits per heavy atom. The predicted molar refractivity (Wildman–Crippen MR) is 69.2 cm³/mol. The molecule has 7 heteroatoms. The molecule has 1 aromatic heterocycles. The van der Waals surface area contributed by atoms with Crippen LogP contribution in [0.25, 0.3) is 0 Å². The summed E-state index contributed by atoms with van der Waals surface area (Å²) < 4.78 is 37.5. The molecule has 1 saturated heterocycles. The minimum atomic E-state index is -4.35. The number of hydrogen-bond acceptors (Lipinski definition) is 4. The van der Waals surface area contributed by atoms with Gasteiger partial charge in [0, 0.05) is 18.0 Å². The van der Waals surface area contributed by atoms with Gasteiger partial charge in [-0.1, -0.05) is 0 Å². The van der Waals surface area contributed by atoms with Gasteiger partial charge >= 0.3 is 6.18 Å². The molecule has 0 bridgehead atoms. The van der Waals surface area contributed by atoms with Crippen LogP contribution in [0.5, 0.6) is 0 Å². The van der Waals surface area contributed by atoms with Crippen molar-refractivity contribution in [3.63, 3.8) is 0 Å². The Kier molecular flexibility index (Phi) is 4.47. The Morgan fingerprint density at radius 1 is 1.53 bits per heavy atom. The molecule has 0 amide bonds. The number of piperidine rings is 1. The number of hydrogen-bond donors (Lipinski definition) is 1. The van der Waals surface area contributed by atoms with Crippen LogP contribution >= 0.6 is 11.3 Å². The molecule has 1 fully saturated rings. The molecular weight excluding hydrogens is 275 g/mol. The SMILES string of the molecule is CC(NC1CCCN(C)C1)c1nc(C(F)(F)F)cs1. The largest absolute Gasteiger partial charge is 0.434 e. The van der Waals surface area contributed by atoms with E-state index in [0.29, 0.717) is 11.0 Å². The first-order valence-electron chi connectivity index (χ1n) is 6.33. The highest BCUT2D eigenvalue weighted by Gasteiger charge is 2.34. The van der Waals surface area contributed by atoms with E-state index in [1.54, 1.807) is 0 Å². The standard InChI is InChI=1S/C12H18F3N3S/c1-8(16-9-4-3-5-18(2)6-9)11-17-10(7-19-11)12(13,14)15/h7-9,16H,3-6H2,1-2H3. The molecule has 0 radical (unpaired) electrons. The molecule has 0 spiro atoms. The second-order valence-corrected chi connectivity index (χ2v) is 5.95. The van der Waals surface area contributed by atoms with Crippen LogP contribution in [0.1, 0.15) is 36.5 Å². The van der Waals surface area contributed by atoms with Crippen LogP contribution in [0.2, 0.25) is 0 Å². The van der Waals surface area contributed by atoms with Gasteiger partial charge in [0.15, 0.2) is 5.69 Å². The van der Waals surface area contributed by atoms with Gasteiger partial charge in [0.1, 0.15) is 5.01 Å². The Bertz CT molecular complexity index is 419. The average Bonchev–Trinajstić information content (AvgIpc) is 2.77. The molecular formula is C12H18F3N3S. The van der Waals surface area contributed by atoms with Crippen molar-refractivity contribution in [2.24, 2.45) is 0 Å². The maximum Gasteiger partial charge on any atom is 0.434 e. The van der Waals surface area contributed by atoms with E-state index in [2.05, 4.69) is 22.2 Å². The number of nitrogens with zero attached hydrogens (tertiary/aromatic N) is 2. The van der Waals surface area contributed by atoms with Gasteiger partial charge in [-0.15, -0.1) is 11.3 Å². The number of aromatic nitrogens is 1. The number of halogens is 3. The van der Waals surface area contributed by atoms with Crippen molar-refractivity contribution >= 4 is 11.3 Å². The zero-order valence-corrected chi connectivity index (χ0v) is 11.8. The first-order chi connectivity index (χ1) is 8.86. The zero-order chi connectivity index (χ0) is 14.0. The number of likely N-dealkylation sites (tertiary alicyclic amines) is 1. The maximum atomic E-state index is 12.5.